The van der Waals surface area contributed by atoms with Crippen LogP contribution in [0.5, 0.6) is 0 Å². The van der Waals surface area contributed by atoms with Crippen LogP contribution in [0, 0.1) is 0 Å². The van der Waals surface area contributed by atoms with E-state index in [1.165, 1.54) is 4.90 Å². The summed E-state index contributed by atoms with van der Waals surface area (Å²) in [6.07, 6.45) is -0.844. The van der Waals surface area contributed by atoms with Crippen molar-refractivity contribution in [2.75, 3.05) is 13.2 Å². The van der Waals surface area contributed by atoms with E-state index in [0.717, 1.165) is 0 Å². The first-order valence-corrected chi connectivity index (χ1v) is 7.45. The topological polar surface area (TPSA) is 205 Å². The highest BCUT2D eigenvalue weighted by atomic mass is 16.5. The molecule has 0 aromatic rings. The van der Waals surface area contributed by atoms with Gasteiger partial charge in [-0.05, 0) is 6.42 Å². The van der Waals surface area contributed by atoms with Crippen molar-refractivity contribution in [3.05, 3.63) is 0 Å². The molecule has 10 N–H and O–H groups in total. The second-order valence-corrected chi connectivity index (χ2v) is 6.09. The van der Waals surface area contributed by atoms with Gasteiger partial charge in [0.15, 0.2) is 17.6 Å². The van der Waals surface area contributed by atoms with Crippen molar-refractivity contribution in [1.29, 1.82) is 0 Å². The van der Waals surface area contributed by atoms with Gasteiger partial charge in [-0.15, -0.1) is 0 Å². The maximum atomic E-state index is 10.9. The summed E-state index contributed by atoms with van der Waals surface area (Å²) in [6, 6.07) is -2.15. The molecular weight excluding hydrogens is 322 g/mol. The van der Waals surface area contributed by atoms with Crippen LogP contribution in [0.4, 0.5) is 4.79 Å². The molecule has 1 amide bonds. The number of ether oxygens (including phenoxy) is 1. The molecule has 4 atom stereocenters. The molecule has 0 bridgehead atoms. The molecule has 1 unspecified atom stereocenters. The van der Waals surface area contributed by atoms with Gasteiger partial charge < -0.3 is 47.5 Å². The Bertz CT molecular complexity index is 609. The van der Waals surface area contributed by atoms with E-state index in [9.17, 15) is 20.1 Å². The number of amides is 1. The summed E-state index contributed by atoms with van der Waals surface area (Å²) >= 11 is 0. The highest BCUT2D eigenvalue weighted by Gasteiger charge is 2.72. The molecule has 0 aromatic carbocycles. The Morgan fingerprint density at radius 2 is 2.12 bits per heavy atom. The van der Waals surface area contributed by atoms with E-state index in [1.54, 1.807) is 0 Å². The third-order valence-electron chi connectivity index (χ3n) is 4.67. The van der Waals surface area contributed by atoms with Crippen molar-refractivity contribution in [2.24, 2.45) is 27.2 Å². The van der Waals surface area contributed by atoms with Gasteiger partial charge in [-0.2, -0.15) is 0 Å². The zero-order valence-electron chi connectivity index (χ0n) is 12.8. The fourth-order valence-electron chi connectivity index (χ4n) is 3.85. The Morgan fingerprint density at radius 1 is 1.42 bits per heavy atom. The number of carbonyl (C=O) groups excluding carboxylic acids is 1. The number of guanidine groups is 2. The molecular formula is C12H21N7O5. The number of hydrogen-bond donors (Lipinski definition) is 7. The molecule has 3 aliphatic heterocycles. The first-order chi connectivity index (χ1) is 11.2. The molecule has 1 spiro atoms. The maximum absolute atomic E-state index is 10.9. The van der Waals surface area contributed by atoms with E-state index in [1.807, 2.05) is 0 Å². The minimum Gasteiger partial charge on any atom is -0.447 e. The Labute approximate surface area is 137 Å². The smallest absolute Gasteiger partial charge is 0.404 e. The van der Waals surface area contributed by atoms with Crippen LogP contribution in [0.15, 0.2) is 9.98 Å². The number of nitrogens with two attached hydrogens (primary N) is 3. The predicted molar refractivity (Wildman–Crippen MR) is 81.3 cm³/mol. The van der Waals surface area contributed by atoms with E-state index < -0.39 is 35.7 Å². The third-order valence-corrected chi connectivity index (χ3v) is 4.67. The molecule has 12 heteroatoms. The summed E-state index contributed by atoms with van der Waals surface area (Å²) in [5.74, 6) is -2.27. The summed E-state index contributed by atoms with van der Waals surface area (Å²) in [5.41, 5.74) is 15.2. The van der Waals surface area contributed by atoms with Crippen LogP contribution >= 0.6 is 0 Å². The summed E-state index contributed by atoms with van der Waals surface area (Å²) in [7, 11) is 0. The van der Waals surface area contributed by atoms with Crippen molar-refractivity contribution in [1.82, 2.24) is 10.2 Å². The molecule has 24 heavy (non-hydrogen) atoms. The molecule has 1 saturated heterocycles. The van der Waals surface area contributed by atoms with Crippen LogP contribution in [0.25, 0.3) is 0 Å². The lowest BCUT2D eigenvalue weighted by Crippen LogP contribution is -2.77. The molecule has 0 aromatic heterocycles. The molecule has 1 fully saturated rings. The molecule has 0 saturated carbocycles. The average Bonchev–Trinajstić information content (AvgIpc) is 2.92. The lowest BCUT2D eigenvalue weighted by atomic mass is 9.86. The SMILES string of the molecule is NC(=O)OC[C@@H]1N=C(N)N2C(CCO)CC(O)(O)[C@@]23NC(N)=N[C@@H]13. The van der Waals surface area contributed by atoms with Crippen LogP contribution in [0.1, 0.15) is 12.8 Å². The van der Waals surface area contributed by atoms with Crippen molar-refractivity contribution >= 4 is 18.0 Å². The second kappa shape index (κ2) is 5.36. The molecule has 3 aliphatic rings. The normalized spacial score (nSPS) is 36.3. The fourth-order valence-corrected chi connectivity index (χ4v) is 3.85. The van der Waals surface area contributed by atoms with Gasteiger partial charge in [0.2, 0.25) is 5.79 Å². The number of nitrogens with one attached hydrogen (secondary N) is 1. The Hall–Kier alpha value is -2.31. The first-order valence-electron chi connectivity index (χ1n) is 7.45. The van der Waals surface area contributed by atoms with Crippen LogP contribution in [-0.4, -0.2) is 81.0 Å². The van der Waals surface area contributed by atoms with Crippen LogP contribution in [0.2, 0.25) is 0 Å². The molecule has 3 heterocycles. The van der Waals surface area contributed by atoms with Crippen molar-refractivity contribution < 1.29 is 24.9 Å². The van der Waals surface area contributed by atoms with Gasteiger partial charge in [-0.25, -0.2) is 14.8 Å². The van der Waals surface area contributed by atoms with E-state index in [2.05, 4.69) is 15.3 Å². The Kier molecular flexibility index (Phi) is 3.69. The van der Waals surface area contributed by atoms with E-state index >= 15 is 0 Å². The van der Waals surface area contributed by atoms with Crippen LogP contribution in [0.3, 0.4) is 0 Å². The number of aliphatic imine (C=N–C) groups is 2. The van der Waals surface area contributed by atoms with E-state index in [-0.39, 0.29) is 38.0 Å². The number of carbonyl (C=O) groups is 1. The van der Waals surface area contributed by atoms with Crippen molar-refractivity contribution in [2.45, 2.75) is 42.4 Å². The number of aliphatic hydroxyl groups excluding tert-OH is 1. The van der Waals surface area contributed by atoms with Crippen LogP contribution in [-0.2, 0) is 4.74 Å². The predicted octanol–water partition coefficient (Wildman–Crippen LogP) is -4.10. The average molecular weight is 343 g/mol. The minimum absolute atomic E-state index is 0.00476. The number of hydrogen-bond acceptors (Lipinski definition) is 11. The zero-order valence-corrected chi connectivity index (χ0v) is 12.8. The number of primary amides is 1. The quantitative estimate of drug-likeness (QED) is 0.247. The van der Waals surface area contributed by atoms with Gasteiger partial charge in [0.1, 0.15) is 18.7 Å². The standard InChI is InChI=1S/C12H21N7O5/c13-8-17-7-6(4-24-10(15)21)16-9(14)19-5(1-2-20)3-11(22,23)12(7,19)18-8/h5-7,20,22-23H,1-4H2,(H2,14,16)(H2,15,21)(H3,13,17,18)/t5?,6-,7-,12-/m0/s1. The lowest BCUT2D eigenvalue weighted by molar-refractivity contribution is -0.221. The van der Waals surface area contributed by atoms with Crippen molar-refractivity contribution in [3.63, 3.8) is 0 Å². The highest BCUT2D eigenvalue weighted by Crippen LogP contribution is 2.48. The maximum Gasteiger partial charge on any atom is 0.404 e. The summed E-state index contributed by atoms with van der Waals surface area (Å²) in [4.78, 5) is 20.8. The number of aliphatic hydroxyl groups is 3. The van der Waals surface area contributed by atoms with Gasteiger partial charge >= 0.3 is 6.09 Å². The number of nitrogens with zero attached hydrogens (tertiary/aromatic N) is 3. The highest BCUT2D eigenvalue weighted by molar-refractivity contribution is 5.87. The first kappa shape index (κ1) is 16.5. The van der Waals surface area contributed by atoms with Gasteiger partial charge in [0.05, 0.1) is 0 Å². The fraction of sp³-hybridized carbons (Fsp3) is 0.750. The van der Waals surface area contributed by atoms with Crippen molar-refractivity contribution in [3.8, 4) is 0 Å². The molecule has 134 valence electrons. The molecule has 0 radical (unpaired) electrons. The van der Waals surface area contributed by atoms with Gasteiger partial charge in [-0.1, -0.05) is 0 Å². The monoisotopic (exact) mass is 343 g/mol. The number of rotatable bonds is 4. The molecule has 3 rings (SSSR count). The third kappa shape index (κ3) is 2.14. The van der Waals surface area contributed by atoms with Gasteiger partial charge in [0.25, 0.3) is 0 Å². The van der Waals surface area contributed by atoms with E-state index in [4.69, 9.17) is 21.9 Å². The summed E-state index contributed by atoms with van der Waals surface area (Å²) < 4.78 is 4.78. The minimum atomic E-state index is -2.26. The lowest BCUT2D eigenvalue weighted by Gasteiger charge is -2.49. The molecule has 12 nitrogen and oxygen atoms in total. The zero-order chi connectivity index (χ0) is 17.7. The van der Waals surface area contributed by atoms with Gasteiger partial charge in [-0.3, -0.25) is 0 Å². The van der Waals surface area contributed by atoms with E-state index in [0.29, 0.717) is 0 Å². The summed E-state index contributed by atoms with van der Waals surface area (Å²) in [6.45, 7) is -0.411. The summed E-state index contributed by atoms with van der Waals surface area (Å²) in [5, 5.41) is 33.4. The largest absolute Gasteiger partial charge is 0.447 e. The Balaban J connectivity index is 2.04. The Morgan fingerprint density at radius 3 is 2.75 bits per heavy atom. The second-order valence-electron chi connectivity index (χ2n) is 6.09. The van der Waals surface area contributed by atoms with Crippen LogP contribution < -0.4 is 22.5 Å². The van der Waals surface area contributed by atoms with Gasteiger partial charge in [0, 0.05) is 19.1 Å². The molecule has 0 aliphatic carbocycles.